The number of rotatable bonds is 11. The first kappa shape index (κ1) is 28.2. The Bertz CT molecular complexity index is 1050. The van der Waals surface area contributed by atoms with Crippen LogP contribution in [0.4, 0.5) is 5.69 Å². The molecule has 0 amide bonds. The van der Waals surface area contributed by atoms with Crippen molar-refractivity contribution >= 4 is 17.4 Å². The van der Waals surface area contributed by atoms with Gasteiger partial charge in [0.15, 0.2) is 0 Å². The Morgan fingerprint density at radius 3 is 2.47 bits per heavy atom. The summed E-state index contributed by atoms with van der Waals surface area (Å²) in [4.78, 5) is 19.4. The third-order valence-electron chi connectivity index (χ3n) is 6.92. The lowest BCUT2D eigenvalue weighted by molar-refractivity contribution is -0.384. The van der Waals surface area contributed by atoms with Gasteiger partial charge < -0.3 is 20.1 Å². The van der Waals surface area contributed by atoms with E-state index in [1.807, 2.05) is 20.8 Å². The highest BCUT2D eigenvalue weighted by Crippen LogP contribution is 2.34. The van der Waals surface area contributed by atoms with E-state index in [0.717, 1.165) is 28.3 Å². The van der Waals surface area contributed by atoms with Crippen LogP contribution >= 0.6 is 11.8 Å². The van der Waals surface area contributed by atoms with E-state index in [0.29, 0.717) is 5.75 Å². The topological polar surface area (TPSA) is 139 Å². The normalized spacial score (nSPS) is 24.6. The van der Waals surface area contributed by atoms with Crippen molar-refractivity contribution in [3.8, 4) is 0 Å². The van der Waals surface area contributed by atoms with Gasteiger partial charge in [-0.05, 0) is 36.7 Å². The van der Waals surface area contributed by atoms with Crippen molar-refractivity contribution in [1.29, 1.82) is 0 Å². The minimum atomic E-state index is -1.08. The summed E-state index contributed by atoms with van der Waals surface area (Å²) >= 11 is 1.59. The molecule has 0 bridgehead atoms. The standard InChI is InChI=1S/C26H35N3O6S/c1-15(17(3)25-24(32)23(31)21(12-30)35-25)6-5-7-16(2)22-18(4)27-14-28-26(22)36-13-19-8-10-20(11-9-19)29(33)34/h5-6,8-11,14-17,21,23-25,30-32H,7,12-13H2,1-4H3/b6-5+. The Morgan fingerprint density at radius 1 is 1.17 bits per heavy atom. The average molecular weight is 518 g/mol. The first-order valence-electron chi connectivity index (χ1n) is 12.1. The highest BCUT2D eigenvalue weighted by Gasteiger charge is 2.45. The SMILES string of the molecule is Cc1ncnc(SCc2ccc([N+](=O)[O-])cc2)c1C(C)C/C=C/C(C)C(C)C1OC(CO)C(O)C1O. The molecule has 0 saturated carbocycles. The van der Waals surface area contributed by atoms with Crippen molar-refractivity contribution in [2.24, 2.45) is 11.8 Å². The van der Waals surface area contributed by atoms with Gasteiger partial charge >= 0.3 is 0 Å². The number of aryl methyl sites for hydroxylation is 1. The van der Waals surface area contributed by atoms with E-state index in [4.69, 9.17) is 4.74 Å². The maximum Gasteiger partial charge on any atom is 0.269 e. The number of aliphatic hydroxyl groups excluding tert-OH is 3. The van der Waals surface area contributed by atoms with Crippen molar-refractivity contribution in [3.05, 3.63) is 69.7 Å². The van der Waals surface area contributed by atoms with Crippen LogP contribution in [-0.2, 0) is 10.5 Å². The molecular formula is C26H35N3O6S. The van der Waals surface area contributed by atoms with Gasteiger partial charge in [-0.15, -0.1) is 11.8 Å². The smallest absolute Gasteiger partial charge is 0.269 e. The second kappa shape index (κ2) is 12.7. The summed E-state index contributed by atoms with van der Waals surface area (Å²) in [6, 6.07) is 6.55. The van der Waals surface area contributed by atoms with Gasteiger partial charge in [-0.3, -0.25) is 10.1 Å². The zero-order valence-electron chi connectivity index (χ0n) is 21.0. The predicted octanol–water partition coefficient (Wildman–Crippen LogP) is 3.79. The van der Waals surface area contributed by atoms with Gasteiger partial charge in [0.25, 0.3) is 5.69 Å². The number of hydrogen-bond donors (Lipinski definition) is 3. The predicted molar refractivity (Wildman–Crippen MR) is 138 cm³/mol. The molecule has 10 heteroatoms. The molecule has 1 aromatic carbocycles. The monoisotopic (exact) mass is 517 g/mol. The highest BCUT2D eigenvalue weighted by molar-refractivity contribution is 7.98. The minimum Gasteiger partial charge on any atom is -0.394 e. The second-order valence-corrected chi connectivity index (χ2v) is 10.4. The number of non-ortho nitro benzene ring substituents is 1. The van der Waals surface area contributed by atoms with Crippen molar-refractivity contribution < 1.29 is 25.0 Å². The van der Waals surface area contributed by atoms with E-state index in [2.05, 4.69) is 29.0 Å². The van der Waals surface area contributed by atoms with Crippen LogP contribution < -0.4 is 0 Å². The summed E-state index contributed by atoms with van der Waals surface area (Å²) in [7, 11) is 0. The van der Waals surface area contributed by atoms with Gasteiger partial charge in [-0.1, -0.05) is 45.1 Å². The van der Waals surface area contributed by atoms with E-state index < -0.39 is 29.3 Å². The molecule has 7 atom stereocenters. The van der Waals surface area contributed by atoms with Gasteiger partial charge in [0.05, 0.1) is 17.6 Å². The van der Waals surface area contributed by atoms with Gasteiger partial charge in [0, 0.05) is 29.1 Å². The molecule has 1 fully saturated rings. The first-order chi connectivity index (χ1) is 17.1. The third-order valence-corrected chi connectivity index (χ3v) is 7.99. The van der Waals surface area contributed by atoms with Crippen molar-refractivity contribution in [2.75, 3.05) is 6.61 Å². The van der Waals surface area contributed by atoms with Gasteiger partial charge in [-0.25, -0.2) is 9.97 Å². The average Bonchev–Trinajstić information content (AvgIpc) is 3.15. The van der Waals surface area contributed by atoms with Crippen LogP contribution in [0, 0.1) is 28.9 Å². The highest BCUT2D eigenvalue weighted by atomic mass is 32.2. The maximum absolute atomic E-state index is 10.9. The number of nitro benzene ring substituents is 1. The van der Waals surface area contributed by atoms with Crippen LogP contribution in [0.25, 0.3) is 0 Å². The molecule has 1 aliphatic heterocycles. The van der Waals surface area contributed by atoms with Gasteiger partial charge in [0.2, 0.25) is 0 Å². The molecule has 1 aromatic heterocycles. The zero-order chi connectivity index (χ0) is 26.4. The number of benzene rings is 1. The minimum absolute atomic E-state index is 0.0487. The number of thioether (sulfide) groups is 1. The number of hydrogen-bond acceptors (Lipinski definition) is 9. The number of nitro groups is 1. The molecule has 7 unspecified atom stereocenters. The molecule has 0 aliphatic carbocycles. The molecule has 0 radical (unpaired) electrons. The maximum atomic E-state index is 10.9. The van der Waals surface area contributed by atoms with E-state index in [9.17, 15) is 25.4 Å². The van der Waals surface area contributed by atoms with E-state index in [1.54, 1.807) is 30.2 Å². The molecule has 1 aliphatic rings. The summed E-state index contributed by atoms with van der Waals surface area (Å²) in [5.74, 6) is 0.847. The first-order valence-corrected chi connectivity index (χ1v) is 13.1. The van der Waals surface area contributed by atoms with Crippen LogP contribution in [0.2, 0.25) is 0 Å². The quantitative estimate of drug-likeness (QED) is 0.134. The molecule has 2 aromatic rings. The van der Waals surface area contributed by atoms with Crippen LogP contribution in [0.1, 0.15) is 49.9 Å². The fourth-order valence-electron chi connectivity index (χ4n) is 4.46. The molecule has 2 heterocycles. The Labute approximate surface area is 215 Å². The Balaban J connectivity index is 1.62. The Hall–Kier alpha value is -2.37. The molecule has 3 N–H and O–H groups in total. The van der Waals surface area contributed by atoms with Crippen LogP contribution in [0.15, 0.2) is 47.8 Å². The number of ether oxygens (including phenoxy) is 1. The van der Waals surface area contributed by atoms with Gasteiger partial charge in [0.1, 0.15) is 29.7 Å². The molecule has 3 rings (SSSR count). The largest absolute Gasteiger partial charge is 0.394 e. The summed E-state index contributed by atoms with van der Waals surface area (Å²) < 4.78 is 5.69. The molecular weight excluding hydrogens is 482 g/mol. The second-order valence-electron chi connectivity index (χ2n) is 9.48. The van der Waals surface area contributed by atoms with Gasteiger partial charge in [-0.2, -0.15) is 0 Å². The fraction of sp³-hybridized carbons (Fsp3) is 0.538. The fourth-order valence-corrected chi connectivity index (χ4v) is 5.58. The summed E-state index contributed by atoms with van der Waals surface area (Å²) in [6.45, 7) is 7.79. The molecule has 36 heavy (non-hydrogen) atoms. The van der Waals surface area contributed by atoms with Crippen LogP contribution in [0.3, 0.4) is 0 Å². The lowest BCUT2D eigenvalue weighted by Crippen LogP contribution is -2.37. The van der Waals surface area contributed by atoms with Crippen LogP contribution in [-0.4, -0.2) is 61.2 Å². The third kappa shape index (κ3) is 6.68. The summed E-state index contributed by atoms with van der Waals surface area (Å²) in [6.07, 6.45) is 3.14. The van der Waals surface area contributed by atoms with Crippen molar-refractivity contribution in [2.45, 2.75) is 75.2 Å². The van der Waals surface area contributed by atoms with Crippen molar-refractivity contribution in [3.63, 3.8) is 0 Å². The van der Waals surface area contributed by atoms with E-state index >= 15 is 0 Å². The number of aliphatic hydroxyl groups is 3. The molecule has 196 valence electrons. The Morgan fingerprint density at radius 2 is 1.86 bits per heavy atom. The lowest BCUT2D eigenvalue weighted by atomic mass is 9.86. The Kier molecular flexibility index (Phi) is 9.98. The zero-order valence-corrected chi connectivity index (χ0v) is 21.8. The number of nitrogens with zero attached hydrogens (tertiary/aromatic N) is 3. The molecule has 0 spiro atoms. The molecule has 1 saturated heterocycles. The van der Waals surface area contributed by atoms with Crippen LogP contribution in [0.5, 0.6) is 0 Å². The summed E-state index contributed by atoms with van der Waals surface area (Å²) in [5, 5.41) is 41.5. The van der Waals surface area contributed by atoms with E-state index in [-0.39, 0.29) is 30.0 Å². The number of aromatic nitrogens is 2. The van der Waals surface area contributed by atoms with Crippen molar-refractivity contribution in [1.82, 2.24) is 9.97 Å². The molecule has 9 nitrogen and oxygen atoms in total. The van der Waals surface area contributed by atoms with E-state index in [1.165, 1.54) is 12.1 Å². The number of allylic oxidation sites excluding steroid dienone is 2. The lowest BCUT2D eigenvalue weighted by Gasteiger charge is -2.26. The summed E-state index contributed by atoms with van der Waals surface area (Å²) in [5.41, 5.74) is 3.06.